The Hall–Kier alpha value is -1.71. The number of benzene rings is 1. The average molecular weight is 239 g/mol. The molecule has 3 nitrogen and oxygen atoms in total. The number of hydrazine groups is 1. The van der Waals surface area contributed by atoms with E-state index in [9.17, 15) is 0 Å². The minimum Gasteiger partial charge on any atom is -0.271 e. The van der Waals surface area contributed by atoms with Crippen LogP contribution in [0.25, 0.3) is 0 Å². The molecule has 0 saturated heterocycles. The molecule has 0 amide bonds. The number of pyridine rings is 1. The van der Waals surface area contributed by atoms with E-state index in [0.717, 1.165) is 12.8 Å². The Kier molecular flexibility index (Phi) is 3.09. The molecule has 2 unspecified atom stereocenters. The first-order valence-electron chi connectivity index (χ1n) is 6.31. The molecule has 0 saturated carbocycles. The van der Waals surface area contributed by atoms with Crippen LogP contribution in [0.2, 0.25) is 0 Å². The quantitative estimate of drug-likeness (QED) is 0.632. The van der Waals surface area contributed by atoms with Crippen molar-refractivity contribution in [3.05, 3.63) is 65.5 Å². The maximum atomic E-state index is 5.72. The fraction of sp³-hybridized carbons (Fsp3) is 0.267. The van der Waals surface area contributed by atoms with Crippen molar-refractivity contribution >= 4 is 0 Å². The second-order valence-electron chi connectivity index (χ2n) is 4.85. The molecule has 0 radical (unpaired) electrons. The van der Waals surface area contributed by atoms with Gasteiger partial charge in [-0.15, -0.1) is 0 Å². The third-order valence-corrected chi connectivity index (χ3v) is 3.77. The fourth-order valence-electron chi connectivity index (χ4n) is 2.75. The lowest BCUT2D eigenvalue weighted by molar-refractivity contribution is 0.404. The van der Waals surface area contributed by atoms with Gasteiger partial charge in [0.2, 0.25) is 0 Å². The summed E-state index contributed by atoms with van der Waals surface area (Å²) in [5.74, 6) is 6.24. The first kappa shape index (κ1) is 11.4. The summed E-state index contributed by atoms with van der Waals surface area (Å²) in [7, 11) is 0. The van der Waals surface area contributed by atoms with Crippen LogP contribution >= 0.6 is 0 Å². The SMILES string of the molecule is NNC(Cc1cccnc1)C1Cc2ccccc21. The highest BCUT2D eigenvalue weighted by Crippen LogP contribution is 2.37. The van der Waals surface area contributed by atoms with Gasteiger partial charge in [0.05, 0.1) is 0 Å². The monoisotopic (exact) mass is 239 g/mol. The first-order chi connectivity index (χ1) is 8.88. The molecule has 3 N–H and O–H groups in total. The Morgan fingerprint density at radius 1 is 1.28 bits per heavy atom. The van der Waals surface area contributed by atoms with Gasteiger partial charge in [0.25, 0.3) is 0 Å². The lowest BCUT2D eigenvalue weighted by Gasteiger charge is -2.36. The van der Waals surface area contributed by atoms with Crippen molar-refractivity contribution in [3.63, 3.8) is 0 Å². The van der Waals surface area contributed by atoms with E-state index in [1.54, 1.807) is 6.20 Å². The van der Waals surface area contributed by atoms with Crippen LogP contribution < -0.4 is 11.3 Å². The van der Waals surface area contributed by atoms with Gasteiger partial charge in [0.1, 0.15) is 0 Å². The smallest absolute Gasteiger partial charge is 0.0323 e. The van der Waals surface area contributed by atoms with Gasteiger partial charge in [0.15, 0.2) is 0 Å². The molecule has 18 heavy (non-hydrogen) atoms. The highest BCUT2D eigenvalue weighted by Gasteiger charge is 2.32. The van der Waals surface area contributed by atoms with Gasteiger partial charge >= 0.3 is 0 Å². The molecule has 1 aromatic heterocycles. The summed E-state index contributed by atoms with van der Waals surface area (Å²) in [5.41, 5.74) is 7.08. The molecule has 0 bridgehead atoms. The molecule has 0 aliphatic heterocycles. The third-order valence-electron chi connectivity index (χ3n) is 3.77. The van der Waals surface area contributed by atoms with Crippen molar-refractivity contribution in [2.45, 2.75) is 24.8 Å². The maximum Gasteiger partial charge on any atom is 0.0323 e. The van der Waals surface area contributed by atoms with Crippen molar-refractivity contribution in [1.82, 2.24) is 10.4 Å². The molecule has 3 heteroatoms. The standard InChI is InChI=1S/C15H17N3/c16-18-15(8-11-4-3-7-17-10-11)14-9-12-5-1-2-6-13(12)14/h1-7,10,14-15,18H,8-9,16H2. The van der Waals surface area contributed by atoms with Gasteiger partial charge in [-0.1, -0.05) is 30.3 Å². The van der Waals surface area contributed by atoms with E-state index >= 15 is 0 Å². The summed E-state index contributed by atoms with van der Waals surface area (Å²) in [5, 5.41) is 0. The van der Waals surface area contributed by atoms with E-state index in [4.69, 9.17) is 5.84 Å². The molecule has 0 fully saturated rings. The molecule has 92 valence electrons. The summed E-state index contributed by atoms with van der Waals surface area (Å²) < 4.78 is 0. The molecular formula is C15H17N3. The van der Waals surface area contributed by atoms with Gasteiger partial charge in [-0.3, -0.25) is 16.3 Å². The number of hydrogen-bond donors (Lipinski definition) is 2. The van der Waals surface area contributed by atoms with Gasteiger partial charge in [0, 0.05) is 24.4 Å². The summed E-state index contributed by atoms with van der Waals surface area (Å²) >= 11 is 0. The molecule has 1 aliphatic carbocycles. The van der Waals surface area contributed by atoms with Crippen molar-refractivity contribution in [1.29, 1.82) is 0 Å². The Morgan fingerprint density at radius 2 is 2.17 bits per heavy atom. The lowest BCUT2D eigenvalue weighted by Crippen LogP contribution is -2.45. The Labute approximate surface area is 107 Å². The van der Waals surface area contributed by atoms with E-state index in [-0.39, 0.29) is 6.04 Å². The molecule has 3 rings (SSSR count). The molecule has 1 heterocycles. The molecule has 1 aromatic carbocycles. The summed E-state index contributed by atoms with van der Waals surface area (Å²) in [6, 6.07) is 13.0. The van der Waals surface area contributed by atoms with Gasteiger partial charge in [-0.25, -0.2) is 0 Å². The predicted molar refractivity (Wildman–Crippen MR) is 71.9 cm³/mol. The number of nitrogens with zero attached hydrogens (tertiary/aromatic N) is 1. The lowest BCUT2D eigenvalue weighted by atomic mass is 9.72. The van der Waals surface area contributed by atoms with Crippen LogP contribution in [0, 0.1) is 0 Å². The number of hydrogen-bond acceptors (Lipinski definition) is 3. The van der Waals surface area contributed by atoms with E-state index in [1.807, 2.05) is 12.3 Å². The van der Waals surface area contributed by atoms with Crippen LogP contribution in [-0.2, 0) is 12.8 Å². The highest BCUT2D eigenvalue weighted by atomic mass is 15.2. The van der Waals surface area contributed by atoms with Crippen molar-refractivity contribution in [3.8, 4) is 0 Å². The van der Waals surface area contributed by atoms with Crippen LogP contribution in [0.5, 0.6) is 0 Å². The minimum absolute atomic E-state index is 0.282. The van der Waals surface area contributed by atoms with Crippen LogP contribution in [0.3, 0.4) is 0 Å². The minimum atomic E-state index is 0.282. The largest absolute Gasteiger partial charge is 0.271 e. The molecule has 2 aromatic rings. The first-order valence-corrected chi connectivity index (χ1v) is 6.31. The molecule has 1 aliphatic rings. The van der Waals surface area contributed by atoms with Crippen LogP contribution in [0.4, 0.5) is 0 Å². The highest BCUT2D eigenvalue weighted by molar-refractivity contribution is 5.41. The predicted octanol–water partition coefficient (Wildman–Crippen LogP) is 1.80. The normalized spacial score (nSPS) is 18.8. The van der Waals surface area contributed by atoms with Crippen LogP contribution in [-0.4, -0.2) is 11.0 Å². The van der Waals surface area contributed by atoms with Gasteiger partial charge in [-0.2, -0.15) is 0 Å². The number of fused-ring (bicyclic) bond motifs is 1. The fourth-order valence-corrected chi connectivity index (χ4v) is 2.75. The second-order valence-corrected chi connectivity index (χ2v) is 4.85. The van der Waals surface area contributed by atoms with Crippen molar-refractivity contribution in [2.24, 2.45) is 5.84 Å². The third kappa shape index (κ3) is 2.03. The number of aromatic nitrogens is 1. The maximum absolute atomic E-state index is 5.72. The van der Waals surface area contributed by atoms with Crippen LogP contribution in [0.1, 0.15) is 22.6 Å². The molecule has 0 spiro atoms. The Morgan fingerprint density at radius 3 is 2.89 bits per heavy atom. The van der Waals surface area contributed by atoms with E-state index < -0.39 is 0 Å². The second kappa shape index (κ2) is 4.88. The van der Waals surface area contributed by atoms with Crippen LogP contribution in [0.15, 0.2) is 48.8 Å². The summed E-state index contributed by atoms with van der Waals surface area (Å²) in [6.07, 6.45) is 5.75. The zero-order valence-electron chi connectivity index (χ0n) is 10.2. The Balaban J connectivity index is 1.75. The number of nitrogens with one attached hydrogen (secondary N) is 1. The molecular weight excluding hydrogens is 222 g/mol. The average Bonchev–Trinajstić information content (AvgIpc) is 2.40. The van der Waals surface area contributed by atoms with Crippen molar-refractivity contribution in [2.75, 3.05) is 0 Å². The zero-order valence-corrected chi connectivity index (χ0v) is 10.2. The number of nitrogens with two attached hydrogens (primary N) is 1. The van der Waals surface area contributed by atoms with E-state index in [0.29, 0.717) is 5.92 Å². The van der Waals surface area contributed by atoms with Gasteiger partial charge < -0.3 is 0 Å². The summed E-state index contributed by atoms with van der Waals surface area (Å²) in [4.78, 5) is 4.15. The van der Waals surface area contributed by atoms with E-state index in [2.05, 4.69) is 40.7 Å². The topological polar surface area (TPSA) is 50.9 Å². The Bertz CT molecular complexity index is 524. The molecule has 2 atom stereocenters. The summed E-state index contributed by atoms with van der Waals surface area (Å²) in [6.45, 7) is 0. The van der Waals surface area contributed by atoms with Crippen molar-refractivity contribution < 1.29 is 0 Å². The van der Waals surface area contributed by atoms with E-state index in [1.165, 1.54) is 16.7 Å². The van der Waals surface area contributed by atoms with Gasteiger partial charge in [-0.05, 0) is 35.6 Å². The number of rotatable bonds is 4. The zero-order chi connectivity index (χ0) is 12.4.